The third-order valence-electron chi connectivity index (χ3n) is 5.05. The van der Waals surface area contributed by atoms with Gasteiger partial charge in [-0.25, -0.2) is 4.98 Å². The number of benzene rings is 2. The van der Waals surface area contributed by atoms with E-state index in [0.717, 1.165) is 16.9 Å². The number of aromatic nitrogens is 2. The molecule has 2 aromatic carbocycles. The normalized spacial score (nSPS) is 11.1. The number of aromatic amines is 1. The molecule has 0 aliphatic heterocycles. The van der Waals surface area contributed by atoms with Gasteiger partial charge in [0.25, 0.3) is 5.56 Å². The number of para-hydroxylation sites is 1. The third kappa shape index (κ3) is 4.83. The third-order valence-corrected chi connectivity index (χ3v) is 5.05. The minimum Gasteiger partial charge on any atom is -0.493 e. The lowest BCUT2D eigenvalue weighted by Gasteiger charge is -2.26. The van der Waals surface area contributed by atoms with Gasteiger partial charge in [0.15, 0.2) is 0 Å². The van der Waals surface area contributed by atoms with Gasteiger partial charge >= 0.3 is 0 Å². The molecule has 0 aliphatic rings. The molecule has 3 rings (SSSR count). The van der Waals surface area contributed by atoms with E-state index in [1.807, 2.05) is 52.0 Å². The lowest BCUT2D eigenvalue weighted by molar-refractivity contribution is -0.134. The Hall–Kier alpha value is -3.15. The number of carbonyl (C=O) groups excluding carboxylic acids is 1. The van der Waals surface area contributed by atoms with Gasteiger partial charge in [-0.1, -0.05) is 24.3 Å². The summed E-state index contributed by atoms with van der Waals surface area (Å²) in [5.41, 5.74) is 2.67. The van der Waals surface area contributed by atoms with Gasteiger partial charge in [0.05, 0.1) is 30.5 Å². The number of nitrogens with one attached hydrogen (secondary N) is 1. The van der Waals surface area contributed by atoms with Gasteiger partial charge in [0.2, 0.25) is 5.91 Å². The Morgan fingerprint density at radius 2 is 1.90 bits per heavy atom. The first kappa shape index (κ1) is 20.6. The van der Waals surface area contributed by atoms with Crippen LogP contribution in [0.3, 0.4) is 0 Å². The van der Waals surface area contributed by atoms with Crippen LogP contribution in [0.4, 0.5) is 0 Å². The van der Waals surface area contributed by atoms with E-state index >= 15 is 0 Å². The van der Waals surface area contributed by atoms with Gasteiger partial charge in [-0.3, -0.25) is 9.59 Å². The summed E-state index contributed by atoms with van der Waals surface area (Å²) in [5, 5.41) is 0.542. The summed E-state index contributed by atoms with van der Waals surface area (Å²) in [6.45, 7) is 8.49. The summed E-state index contributed by atoms with van der Waals surface area (Å²) in [5.74, 6) is 1.24. The molecular formula is C23H27N3O3. The Labute approximate surface area is 170 Å². The fourth-order valence-corrected chi connectivity index (χ4v) is 3.20. The first-order chi connectivity index (χ1) is 13.9. The van der Waals surface area contributed by atoms with Gasteiger partial charge in [-0.2, -0.15) is 0 Å². The Bertz CT molecular complexity index is 1070. The molecule has 0 bridgehead atoms. The second-order valence-electron chi connectivity index (χ2n) is 7.44. The van der Waals surface area contributed by atoms with Crippen LogP contribution < -0.4 is 10.3 Å². The number of H-pyrrole nitrogens is 1. The lowest BCUT2D eigenvalue weighted by atomic mass is 10.1. The van der Waals surface area contributed by atoms with Crippen molar-refractivity contribution in [1.29, 1.82) is 0 Å². The summed E-state index contributed by atoms with van der Waals surface area (Å²) in [6, 6.07) is 13.0. The molecule has 1 aromatic heterocycles. The largest absolute Gasteiger partial charge is 0.493 e. The second kappa shape index (κ2) is 8.90. The molecule has 0 fully saturated rings. The summed E-state index contributed by atoms with van der Waals surface area (Å²) in [4.78, 5) is 34.1. The maximum Gasteiger partial charge on any atom is 0.258 e. The molecule has 29 heavy (non-hydrogen) atoms. The summed E-state index contributed by atoms with van der Waals surface area (Å²) in [6.07, 6.45) is 0.253. The SMILES string of the molecule is Cc1cccc(OCCC(=O)N(Cc2nc3ccccc3c(=O)[nH]2)C(C)C)c1C. The molecule has 0 aliphatic carbocycles. The Morgan fingerprint density at radius 1 is 1.14 bits per heavy atom. The fraction of sp³-hybridized carbons (Fsp3) is 0.348. The summed E-state index contributed by atoms with van der Waals surface area (Å²) >= 11 is 0. The van der Waals surface area contributed by atoms with Crippen molar-refractivity contribution in [2.45, 2.75) is 46.7 Å². The Balaban J connectivity index is 1.68. The quantitative estimate of drug-likeness (QED) is 0.663. The maximum absolute atomic E-state index is 12.8. The molecule has 6 heteroatoms. The average molecular weight is 393 g/mol. The van der Waals surface area contributed by atoms with E-state index in [-0.39, 0.29) is 30.5 Å². The molecule has 0 unspecified atom stereocenters. The van der Waals surface area contributed by atoms with Gasteiger partial charge in [0, 0.05) is 6.04 Å². The highest BCUT2D eigenvalue weighted by Crippen LogP contribution is 2.20. The molecule has 1 heterocycles. The smallest absolute Gasteiger partial charge is 0.258 e. The highest BCUT2D eigenvalue weighted by Gasteiger charge is 2.19. The van der Waals surface area contributed by atoms with Crippen LogP contribution >= 0.6 is 0 Å². The summed E-state index contributed by atoms with van der Waals surface area (Å²) < 4.78 is 5.82. The molecule has 0 radical (unpaired) electrons. The van der Waals surface area contributed by atoms with Crippen molar-refractivity contribution in [3.8, 4) is 5.75 Å². The van der Waals surface area contributed by atoms with Gasteiger partial charge in [-0.15, -0.1) is 0 Å². The van der Waals surface area contributed by atoms with Crippen molar-refractivity contribution in [3.63, 3.8) is 0 Å². The van der Waals surface area contributed by atoms with Crippen LogP contribution in [0.15, 0.2) is 47.3 Å². The highest BCUT2D eigenvalue weighted by molar-refractivity contribution is 5.78. The van der Waals surface area contributed by atoms with Crippen LogP contribution in [-0.4, -0.2) is 33.4 Å². The van der Waals surface area contributed by atoms with Crippen LogP contribution in [0.2, 0.25) is 0 Å². The zero-order valence-electron chi connectivity index (χ0n) is 17.4. The van der Waals surface area contributed by atoms with E-state index in [4.69, 9.17) is 4.74 Å². The van der Waals surface area contributed by atoms with E-state index in [1.54, 1.807) is 23.1 Å². The van der Waals surface area contributed by atoms with Crippen molar-refractivity contribution in [2.75, 3.05) is 6.61 Å². The molecule has 1 N–H and O–H groups in total. The monoisotopic (exact) mass is 393 g/mol. The standard InChI is InChI=1S/C23H27N3O3/c1-15(2)26(14-21-24-19-10-6-5-9-18(19)23(28)25-21)22(27)12-13-29-20-11-7-8-16(3)17(20)4/h5-11,15H,12-14H2,1-4H3,(H,24,25,28). The van der Waals surface area contributed by atoms with Gasteiger partial charge in [0.1, 0.15) is 11.6 Å². The van der Waals surface area contributed by atoms with Crippen molar-refractivity contribution in [1.82, 2.24) is 14.9 Å². The molecule has 1 amide bonds. The fourth-order valence-electron chi connectivity index (χ4n) is 3.20. The van der Waals surface area contributed by atoms with Crippen LogP contribution in [-0.2, 0) is 11.3 Å². The Kier molecular flexibility index (Phi) is 6.32. The number of ether oxygens (including phenoxy) is 1. The van der Waals surface area contributed by atoms with Crippen LogP contribution in [0.1, 0.15) is 37.2 Å². The Morgan fingerprint density at radius 3 is 2.66 bits per heavy atom. The van der Waals surface area contributed by atoms with E-state index in [2.05, 4.69) is 9.97 Å². The predicted molar refractivity (Wildman–Crippen MR) is 114 cm³/mol. The van der Waals surface area contributed by atoms with Crippen LogP contribution in [0.5, 0.6) is 5.75 Å². The highest BCUT2D eigenvalue weighted by atomic mass is 16.5. The predicted octanol–water partition coefficient (Wildman–Crippen LogP) is 3.75. The molecular weight excluding hydrogens is 366 g/mol. The zero-order valence-corrected chi connectivity index (χ0v) is 17.4. The second-order valence-corrected chi connectivity index (χ2v) is 7.44. The number of nitrogens with zero attached hydrogens (tertiary/aromatic N) is 2. The number of hydrogen-bond acceptors (Lipinski definition) is 4. The minimum absolute atomic E-state index is 0.0278. The first-order valence-electron chi connectivity index (χ1n) is 9.83. The van der Waals surface area contributed by atoms with E-state index in [1.165, 1.54) is 0 Å². The molecule has 0 spiro atoms. The van der Waals surface area contributed by atoms with Gasteiger partial charge < -0.3 is 14.6 Å². The van der Waals surface area contributed by atoms with Crippen molar-refractivity contribution >= 4 is 16.8 Å². The molecule has 0 atom stereocenters. The molecule has 0 saturated heterocycles. The van der Waals surface area contributed by atoms with Crippen molar-refractivity contribution < 1.29 is 9.53 Å². The van der Waals surface area contributed by atoms with E-state index in [0.29, 0.717) is 23.3 Å². The first-order valence-corrected chi connectivity index (χ1v) is 9.83. The number of hydrogen-bond donors (Lipinski definition) is 1. The van der Waals surface area contributed by atoms with Crippen molar-refractivity contribution in [3.05, 3.63) is 69.8 Å². The average Bonchev–Trinajstić information content (AvgIpc) is 2.69. The summed E-state index contributed by atoms with van der Waals surface area (Å²) in [7, 11) is 0. The number of aryl methyl sites for hydroxylation is 1. The van der Waals surface area contributed by atoms with Crippen molar-refractivity contribution in [2.24, 2.45) is 0 Å². The number of carbonyl (C=O) groups is 1. The molecule has 152 valence electrons. The van der Waals surface area contributed by atoms with Gasteiger partial charge in [-0.05, 0) is 57.0 Å². The molecule has 0 saturated carbocycles. The topological polar surface area (TPSA) is 75.3 Å². The lowest BCUT2D eigenvalue weighted by Crippen LogP contribution is -2.38. The van der Waals surface area contributed by atoms with E-state index in [9.17, 15) is 9.59 Å². The van der Waals surface area contributed by atoms with E-state index < -0.39 is 0 Å². The van der Waals surface area contributed by atoms with Crippen LogP contribution in [0.25, 0.3) is 10.9 Å². The zero-order chi connectivity index (χ0) is 21.0. The molecule has 6 nitrogen and oxygen atoms in total. The maximum atomic E-state index is 12.8. The number of fused-ring (bicyclic) bond motifs is 1. The molecule has 3 aromatic rings. The number of amides is 1. The number of rotatable bonds is 7. The minimum atomic E-state index is -0.194. The van der Waals surface area contributed by atoms with Crippen LogP contribution in [0, 0.1) is 13.8 Å².